The van der Waals surface area contributed by atoms with Crippen LogP contribution >= 0.6 is 0 Å². The standard InChI is InChI=1S/C15H12F2N2O2/c1-9(13-7-4-11(16)8-14(13)17)18-19-12-5-2-10(3-6-12)15(20)21/h2-8,19H,1H3,(H,20,21)/p-1/b18-9-. The fourth-order valence-corrected chi connectivity index (χ4v) is 1.67. The maximum atomic E-state index is 13.5. The van der Waals surface area contributed by atoms with Crippen molar-refractivity contribution in [3.63, 3.8) is 0 Å². The summed E-state index contributed by atoms with van der Waals surface area (Å²) in [6, 6.07) is 8.95. The summed E-state index contributed by atoms with van der Waals surface area (Å²) in [5.74, 6) is -2.63. The lowest BCUT2D eigenvalue weighted by Crippen LogP contribution is -2.21. The minimum Gasteiger partial charge on any atom is -0.545 e. The van der Waals surface area contributed by atoms with Crippen molar-refractivity contribution in [1.82, 2.24) is 0 Å². The molecule has 1 N–H and O–H groups in total. The fourth-order valence-electron chi connectivity index (χ4n) is 1.67. The first kappa shape index (κ1) is 14.6. The lowest BCUT2D eigenvalue weighted by atomic mass is 10.1. The first-order chi connectivity index (χ1) is 9.97. The van der Waals surface area contributed by atoms with Crippen LogP contribution in [-0.4, -0.2) is 11.7 Å². The highest BCUT2D eigenvalue weighted by Gasteiger charge is 2.06. The summed E-state index contributed by atoms with van der Waals surface area (Å²) in [6.45, 7) is 1.57. The van der Waals surface area contributed by atoms with Gasteiger partial charge in [0.25, 0.3) is 0 Å². The molecule has 6 heteroatoms. The van der Waals surface area contributed by atoms with Gasteiger partial charge in [0.2, 0.25) is 0 Å². The van der Waals surface area contributed by atoms with Crippen molar-refractivity contribution < 1.29 is 18.7 Å². The highest BCUT2D eigenvalue weighted by Crippen LogP contribution is 2.12. The molecule has 0 bridgehead atoms. The summed E-state index contributed by atoms with van der Waals surface area (Å²) in [5.41, 5.74) is 3.75. The summed E-state index contributed by atoms with van der Waals surface area (Å²) >= 11 is 0. The molecule has 0 aliphatic carbocycles. The van der Waals surface area contributed by atoms with Gasteiger partial charge in [-0.05, 0) is 36.8 Å². The average Bonchev–Trinajstić information content (AvgIpc) is 2.45. The quantitative estimate of drug-likeness (QED) is 0.693. The number of aromatic carboxylic acids is 1. The molecule has 0 radical (unpaired) electrons. The number of benzene rings is 2. The Morgan fingerprint density at radius 2 is 1.81 bits per heavy atom. The second-order valence-electron chi connectivity index (χ2n) is 4.30. The Bertz CT molecular complexity index is 697. The minimum absolute atomic E-state index is 0.0471. The van der Waals surface area contributed by atoms with Crippen molar-refractivity contribution in [3.8, 4) is 0 Å². The molecule has 2 aromatic rings. The lowest BCUT2D eigenvalue weighted by Gasteiger charge is -2.06. The highest BCUT2D eigenvalue weighted by molar-refractivity contribution is 5.99. The number of carboxylic acids is 1. The van der Waals surface area contributed by atoms with Gasteiger partial charge in [-0.25, -0.2) is 8.78 Å². The molecular weight excluding hydrogens is 278 g/mol. The Kier molecular flexibility index (Phi) is 4.27. The molecule has 0 aliphatic rings. The van der Waals surface area contributed by atoms with E-state index in [-0.39, 0.29) is 11.1 Å². The van der Waals surface area contributed by atoms with E-state index in [1.807, 2.05) is 0 Å². The van der Waals surface area contributed by atoms with Gasteiger partial charge in [0.15, 0.2) is 0 Å². The molecule has 4 nitrogen and oxygen atoms in total. The Labute approximate surface area is 119 Å². The SMILES string of the molecule is C/C(=N/Nc1ccc(C(=O)[O-])cc1)c1ccc(F)cc1F. The van der Waals surface area contributed by atoms with Crippen molar-refractivity contribution in [3.05, 3.63) is 65.2 Å². The maximum absolute atomic E-state index is 13.5. The smallest absolute Gasteiger partial charge is 0.135 e. The van der Waals surface area contributed by atoms with E-state index < -0.39 is 17.6 Å². The zero-order valence-corrected chi connectivity index (χ0v) is 11.1. The molecular formula is C15H11F2N2O2-. The van der Waals surface area contributed by atoms with Crippen molar-refractivity contribution in [2.24, 2.45) is 5.10 Å². The number of hydrogen-bond donors (Lipinski definition) is 1. The molecule has 0 amide bonds. The number of halogens is 2. The summed E-state index contributed by atoms with van der Waals surface area (Å²) in [4.78, 5) is 10.6. The lowest BCUT2D eigenvalue weighted by molar-refractivity contribution is -0.255. The number of nitrogens with one attached hydrogen (secondary N) is 1. The van der Waals surface area contributed by atoms with Crippen molar-refractivity contribution in [1.29, 1.82) is 0 Å². The number of anilines is 1. The van der Waals surface area contributed by atoms with Crippen molar-refractivity contribution >= 4 is 17.4 Å². The molecule has 2 rings (SSSR count). The maximum Gasteiger partial charge on any atom is 0.135 e. The van der Waals surface area contributed by atoms with E-state index in [1.54, 1.807) is 6.92 Å². The van der Waals surface area contributed by atoms with E-state index in [0.717, 1.165) is 12.1 Å². The molecule has 0 atom stereocenters. The van der Waals surface area contributed by atoms with Crippen LogP contribution in [0, 0.1) is 11.6 Å². The number of hydrazone groups is 1. The van der Waals surface area contributed by atoms with Crippen molar-refractivity contribution in [2.45, 2.75) is 6.92 Å². The van der Waals surface area contributed by atoms with Crippen LogP contribution in [0.25, 0.3) is 0 Å². The van der Waals surface area contributed by atoms with Gasteiger partial charge in [-0.2, -0.15) is 5.10 Å². The first-order valence-corrected chi connectivity index (χ1v) is 6.04. The zero-order valence-electron chi connectivity index (χ0n) is 11.1. The second kappa shape index (κ2) is 6.13. The largest absolute Gasteiger partial charge is 0.545 e. The third-order valence-electron chi connectivity index (χ3n) is 2.79. The fraction of sp³-hybridized carbons (Fsp3) is 0.0667. The number of rotatable bonds is 4. The normalized spacial score (nSPS) is 11.3. The third-order valence-corrected chi connectivity index (χ3v) is 2.79. The van der Waals surface area contributed by atoms with E-state index in [0.29, 0.717) is 11.4 Å². The van der Waals surface area contributed by atoms with Crippen LogP contribution in [0.4, 0.5) is 14.5 Å². The molecule has 0 saturated carbocycles. The van der Waals surface area contributed by atoms with Crippen LogP contribution in [0.15, 0.2) is 47.6 Å². The molecule has 0 fully saturated rings. The summed E-state index contributed by atoms with van der Waals surface area (Å²) in [7, 11) is 0. The summed E-state index contributed by atoms with van der Waals surface area (Å²) in [5, 5.41) is 14.6. The highest BCUT2D eigenvalue weighted by atomic mass is 19.1. The Morgan fingerprint density at radius 1 is 1.14 bits per heavy atom. The number of hydrogen-bond acceptors (Lipinski definition) is 4. The van der Waals surface area contributed by atoms with Gasteiger partial charge in [0, 0.05) is 11.6 Å². The molecule has 0 heterocycles. The molecule has 0 saturated heterocycles. The molecule has 0 aliphatic heterocycles. The van der Waals surface area contributed by atoms with Crippen LogP contribution in [-0.2, 0) is 0 Å². The van der Waals surface area contributed by atoms with Crippen LogP contribution in [0.5, 0.6) is 0 Å². The number of nitrogens with zero attached hydrogens (tertiary/aromatic N) is 1. The van der Waals surface area contributed by atoms with E-state index >= 15 is 0 Å². The molecule has 0 aromatic heterocycles. The Hall–Kier alpha value is -2.76. The molecule has 0 unspecified atom stereocenters. The molecule has 21 heavy (non-hydrogen) atoms. The second-order valence-corrected chi connectivity index (χ2v) is 4.30. The molecule has 0 spiro atoms. The number of carbonyl (C=O) groups excluding carboxylic acids is 1. The molecule has 108 valence electrons. The van der Waals surface area contributed by atoms with Crippen molar-refractivity contribution in [2.75, 3.05) is 5.43 Å². The van der Waals surface area contributed by atoms with Gasteiger partial charge in [0.05, 0.1) is 17.4 Å². The van der Waals surface area contributed by atoms with Gasteiger partial charge >= 0.3 is 0 Å². The van der Waals surface area contributed by atoms with E-state index in [9.17, 15) is 18.7 Å². The van der Waals surface area contributed by atoms with Gasteiger partial charge in [-0.3, -0.25) is 5.43 Å². The minimum atomic E-state index is -1.27. The predicted octanol–water partition coefficient (Wildman–Crippen LogP) is 2.16. The number of carboxylic acid groups (broad SMARTS) is 1. The monoisotopic (exact) mass is 289 g/mol. The van der Waals surface area contributed by atoms with Gasteiger partial charge in [-0.15, -0.1) is 0 Å². The Balaban J connectivity index is 2.14. The summed E-state index contributed by atoms with van der Waals surface area (Å²) < 4.78 is 26.4. The third kappa shape index (κ3) is 3.62. The molecule has 2 aromatic carbocycles. The number of carbonyl (C=O) groups is 1. The first-order valence-electron chi connectivity index (χ1n) is 6.04. The Morgan fingerprint density at radius 3 is 2.38 bits per heavy atom. The zero-order chi connectivity index (χ0) is 15.4. The topological polar surface area (TPSA) is 64.5 Å². The predicted molar refractivity (Wildman–Crippen MR) is 73.0 cm³/mol. The average molecular weight is 289 g/mol. The van der Waals surface area contributed by atoms with Gasteiger partial charge in [0.1, 0.15) is 11.6 Å². The van der Waals surface area contributed by atoms with Gasteiger partial charge < -0.3 is 9.90 Å². The van der Waals surface area contributed by atoms with Crippen LogP contribution in [0.3, 0.4) is 0 Å². The van der Waals surface area contributed by atoms with Crippen LogP contribution in [0.1, 0.15) is 22.8 Å². The van der Waals surface area contributed by atoms with Crippen LogP contribution in [0.2, 0.25) is 0 Å². The van der Waals surface area contributed by atoms with E-state index in [1.165, 1.54) is 30.3 Å². The van der Waals surface area contributed by atoms with Gasteiger partial charge in [-0.1, -0.05) is 12.1 Å². The van der Waals surface area contributed by atoms with Crippen LogP contribution < -0.4 is 10.5 Å². The summed E-state index contributed by atoms with van der Waals surface area (Å²) in [6.07, 6.45) is 0. The van der Waals surface area contributed by atoms with E-state index in [2.05, 4.69) is 10.5 Å². The van der Waals surface area contributed by atoms with E-state index in [4.69, 9.17) is 0 Å².